The molecule has 6 nitrogen and oxygen atoms in total. The first-order valence-electron chi connectivity index (χ1n) is 8.16. The first kappa shape index (κ1) is 16.3. The van der Waals surface area contributed by atoms with E-state index in [0.717, 1.165) is 22.3 Å². The number of carbonyl (C=O) groups is 1. The van der Waals surface area contributed by atoms with Gasteiger partial charge in [0.15, 0.2) is 0 Å². The van der Waals surface area contributed by atoms with E-state index in [1.165, 1.54) is 0 Å². The van der Waals surface area contributed by atoms with Crippen LogP contribution in [-0.4, -0.2) is 20.9 Å². The summed E-state index contributed by atoms with van der Waals surface area (Å²) >= 11 is 1.61. The molecule has 2 heterocycles. The molecule has 0 bridgehead atoms. The number of para-hydroxylation sites is 1. The highest BCUT2D eigenvalue weighted by Gasteiger charge is 2.18. The third kappa shape index (κ3) is 3.29. The first-order chi connectivity index (χ1) is 12.7. The van der Waals surface area contributed by atoms with E-state index in [9.17, 15) is 4.79 Å². The van der Waals surface area contributed by atoms with Gasteiger partial charge >= 0.3 is 0 Å². The van der Waals surface area contributed by atoms with Crippen molar-refractivity contribution in [1.29, 1.82) is 0 Å². The molecule has 0 saturated heterocycles. The zero-order valence-electron chi connectivity index (χ0n) is 13.9. The maximum absolute atomic E-state index is 13.1. The van der Waals surface area contributed by atoms with Crippen molar-refractivity contribution in [3.8, 4) is 0 Å². The Bertz CT molecular complexity index is 1020. The summed E-state index contributed by atoms with van der Waals surface area (Å²) in [4.78, 5) is 14.8. The molecule has 130 valence electrons. The third-order valence-electron chi connectivity index (χ3n) is 4.13. The van der Waals surface area contributed by atoms with E-state index >= 15 is 0 Å². The van der Waals surface area contributed by atoms with Crippen molar-refractivity contribution in [2.75, 3.05) is 10.6 Å². The molecule has 0 aliphatic heterocycles. The molecule has 0 atom stereocenters. The lowest BCUT2D eigenvalue weighted by atomic mass is 10.2. The number of nitrogen functional groups attached to an aromatic ring is 1. The molecule has 7 heteroatoms. The van der Waals surface area contributed by atoms with E-state index in [1.807, 2.05) is 53.2 Å². The molecule has 1 amide bonds. The summed E-state index contributed by atoms with van der Waals surface area (Å²) in [5, 5.41) is 12.3. The van der Waals surface area contributed by atoms with E-state index in [2.05, 4.69) is 10.3 Å². The number of thiophene rings is 1. The van der Waals surface area contributed by atoms with Gasteiger partial charge < -0.3 is 10.6 Å². The average Bonchev–Trinajstić information content (AvgIpc) is 3.31. The van der Waals surface area contributed by atoms with Crippen LogP contribution in [0.5, 0.6) is 0 Å². The Balaban J connectivity index is 1.64. The Morgan fingerprint density at radius 2 is 1.92 bits per heavy atom. The van der Waals surface area contributed by atoms with E-state index in [-0.39, 0.29) is 12.5 Å². The average molecular weight is 363 g/mol. The van der Waals surface area contributed by atoms with Crippen molar-refractivity contribution < 1.29 is 4.79 Å². The Morgan fingerprint density at radius 3 is 2.69 bits per heavy atom. The number of amides is 1. The highest BCUT2D eigenvalue weighted by Crippen LogP contribution is 2.21. The maximum Gasteiger partial charge on any atom is 0.249 e. The summed E-state index contributed by atoms with van der Waals surface area (Å²) in [6.45, 7) is 0.619. The van der Waals surface area contributed by atoms with Gasteiger partial charge in [-0.15, -0.1) is 5.10 Å². The summed E-state index contributed by atoms with van der Waals surface area (Å²) in [6, 6.07) is 16.9. The van der Waals surface area contributed by atoms with Crippen LogP contribution in [0.4, 0.5) is 11.4 Å². The van der Waals surface area contributed by atoms with Crippen LogP contribution in [-0.2, 0) is 17.9 Å². The lowest BCUT2D eigenvalue weighted by Gasteiger charge is -2.22. The van der Waals surface area contributed by atoms with Crippen LogP contribution in [0.25, 0.3) is 11.0 Å². The van der Waals surface area contributed by atoms with Crippen molar-refractivity contribution in [1.82, 2.24) is 15.0 Å². The quantitative estimate of drug-likeness (QED) is 0.552. The second-order valence-electron chi connectivity index (χ2n) is 5.94. The highest BCUT2D eigenvalue weighted by atomic mass is 32.1. The molecule has 4 rings (SSSR count). The van der Waals surface area contributed by atoms with Crippen LogP contribution in [0.1, 0.15) is 5.56 Å². The van der Waals surface area contributed by atoms with Gasteiger partial charge in [0.25, 0.3) is 0 Å². The molecule has 4 aromatic rings. The standard InChI is InChI=1S/C19H17N5OS/c20-15-5-7-16(8-6-15)23(11-14-9-10-26-13-14)19(25)12-24-18-4-2-1-3-17(18)21-22-24/h1-10,13H,11-12,20H2. The van der Waals surface area contributed by atoms with Crippen molar-refractivity contribution in [2.45, 2.75) is 13.1 Å². The largest absolute Gasteiger partial charge is 0.399 e. The van der Waals surface area contributed by atoms with Crippen LogP contribution in [0.3, 0.4) is 0 Å². The number of hydrogen-bond acceptors (Lipinski definition) is 5. The van der Waals surface area contributed by atoms with Crippen molar-refractivity contribution in [3.05, 3.63) is 70.9 Å². The summed E-state index contributed by atoms with van der Waals surface area (Å²) < 4.78 is 1.63. The van der Waals surface area contributed by atoms with Crippen LogP contribution >= 0.6 is 11.3 Å². The number of carbonyl (C=O) groups excluding carboxylic acids is 1. The zero-order chi connectivity index (χ0) is 17.9. The monoisotopic (exact) mass is 363 g/mol. The van der Waals surface area contributed by atoms with Crippen LogP contribution in [0.15, 0.2) is 65.4 Å². The van der Waals surface area contributed by atoms with Gasteiger partial charge in [0.1, 0.15) is 12.1 Å². The Hall–Kier alpha value is -3.19. The van der Waals surface area contributed by atoms with Crippen LogP contribution < -0.4 is 10.6 Å². The summed E-state index contributed by atoms with van der Waals surface area (Å²) in [5.41, 5.74) is 9.96. The van der Waals surface area contributed by atoms with Gasteiger partial charge in [0.05, 0.1) is 12.1 Å². The second-order valence-corrected chi connectivity index (χ2v) is 6.72. The van der Waals surface area contributed by atoms with Crippen LogP contribution in [0, 0.1) is 0 Å². The van der Waals surface area contributed by atoms with Crippen molar-refractivity contribution in [2.24, 2.45) is 0 Å². The van der Waals surface area contributed by atoms with Gasteiger partial charge in [-0.1, -0.05) is 17.3 Å². The summed E-state index contributed by atoms with van der Waals surface area (Å²) in [5.74, 6) is -0.0587. The SMILES string of the molecule is Nc1ccc(N(Cc2ccsc2)C(=O)Cn2nnc3ccccc32)cc1. The summed E-state index contributed by atoms with van der Waals surface area (Å²) in [7, 11) is 0. The number of rotatable bonds is 5. The number of hydrogen-bond donors (Lipinski definition) is 1. The molecule has 0 spiro atoms. The molecule has 0 fully saturated rings. The lowest BCUT2D eigenvalue weighted by Crippen LogP contribution is -2.33. The smallest absolute Gasteiger partial charge is 0.249 e. The lowest BCUT2D eigenvalue weighted by molar-refractivity contribution is -0.119. The van der Waals surface area contributed by atoms with Gasteiger partial charge in [-0.25, -0.2) is 4.68 Å². The van der Waals surface area contributed by atoms with Crippen molar-refractivity contribution in [3.63, 3.8) is 0 Å². The maximum atomic E-state index is 13.1. The second kappa shape index (κ2) is 6.97. The van der Waals surface area contributed by atoms with Crippen molar-refractivity contribution >= 4 is 39.7 Å². The van der Waals surface area contributed by atoms with Gasteiger partial charge in [-0.05, 0) is 58.8 Å². The molecule has 26 heavy (non-hydrogen) atoms. The topological polar surface area (TPSA) is 77.0 Å². The first-order valence-corrected chi connectivity index (χ1v) is 9.10. The molecule has 0 saturated carbocycles. The van der Waals surface area contributed by atoms with Gasteiger partial charge in [0.2, 0.25) is 5.91 Å². The fraction of sp³-hybridized carbons (Fsp3) is 0.105. The predicted molar refractivity (Wildman–Crippen MR) is 104 cm³/mol. The molecular weight excluding hydrogens is 346 g/mol. The summed E-state index contributed by atoms with van der Waals surface area (Å²) in [6.07, 6.45) is 0. The number of nitrogens with zero attached hydrogens (tertiary/aromatic N) is 4. The van der Waals surface area contributed by atoms with Crippen LogP contribution in [0.2, 0.25) is 0 Å². The number of fused-ring (bicyclic) bond motifs is 1. The van der Waals surface area contributed by atoms with E-state index < -0.39 is 0 Å². The zero-order valence-corrected chi connectivity index (χ0v) is 14.8. The number of aromatic nitrogens is 3. The number of anilines is 2. The molecule has 0 aliphatic rings. The Kier molecular flexibility index (Phi) is 4.37. The predicted octanol–water partition coefficient (Wildman–Crippen LogP) is 3.31. The minimum atomic E-state index is -0.0587. The molecule has 0 aliphatic carbocycles. The van der Waals surface area contributed by atoms with E-state index in [0.29, 0.717) is 12.2 Å². The third-order valence-corrected chi connectivity index (χ3v) is 4.86. The van der Waals surface area contributed by atoms with E-state index in [1.54, 1.807) is 33.1 Å². The molecule has 0 radical (unpaired) electrons. The molecule has 0 unspecified atom stereocenters. The molecule has 2 N–H and O–H groups in total. The highest BCUT2D eigenvalue weighted by molar-refractivity contribution is 7.07. The number of benzene rings is 2. The normalized spacial score (nSPS) is 10.9. The molecule has 2 aromatic carbocycles. The minimum absolute atomic E-state index is 0.0587. The minimum Gasteiger partial charge on any atom is -0.399 e. The van der Waals surface area contributed by atoms with Gasteiger partial charge in [0, 0.05) is 11.4 Å². The van der Waals surface area contributed by atoms with Gasteiger partial charge in [-0.2, -0.15) is 11.3 Å². The fourth-order valence-corrected chi connectivity index (χ4v) is 3.45. The fourth-order valence-electron chi connectivity index (χ4n) is 2.79. The molecular formula is C19H17N5OS. The van der Waals surface area contributed by atoms with E-state index in [4.69, 9.17) is 5.73 Å². The number of nitrogens with two attached hydrogens (primary N) is 1. The molecule has 2 aromatic heterocycles. The Labute approximate surface area is 154 Å². The Morgan fingerprint density at radius 1 is 1.12 bits per heavy atom. The van der Waals surface area contributed by atoms with Gasteiger partial charge in [-0.3, -0.25) is 4.79 Å².